The highest BCUT2D eigenvalue weighted by Gasteiger charge is 2.23. The van der Waals surface area contributed by atoms with Gasteiger partial charge in [-0.3, -0.25) is 4.90 Å². The van der Waals surface area contributed by atoms with Gasteiger partial charge in [0.15, 0.2) is 0 Å². The Balaban J connectivity index is 1.87. The fourth-order valence-electron chi connectivity index (χ4n) is 2.53. The zero-order chi connectivity index (χ0) is 15.2. The van der Waals surface area contributed by atoms with Gasteiger partial charge in [0.05, 0.1) is 7.11 Å². The molecule has 1 atom stereocenters. The summed E-state index contributed by atoms with van der Waals surface area (Å²) in [4.78, 5) is 16.6. The number of anilines is 1. The molecule has 1 N–H and O–H groups in total. The molecule has 1 saturated heterocycles. The molecule has 0 aliphatic carbocycles. The molecule has 5 heteroatoms. The summed E-state index contributed by atoms with van der Waals surface area (Å²) >= 11 is 0. The Hall–Kier alpha value is -1.75. The van der Waals surface area contributed by atoms with Crippen LogP contribution in [0.2, 0.25) is 0 Å². The zero-order valence-electron chi connectivity index (χ0n) is 13.1. The topological polar surface area (TPSA) is 44.8 Å². The van der Waals surface area contributed by atoms with Crippen LogP contribution in [0.1, 0.15) is 20.3 Å². The minimum Gasteiger partial charge on any atom is -0.497 e. The van der Waals surface area contributed by atoms with E-state index in [4.69, 9.17) is 4.74 Å². The van der Waals surface area contributed by atoms with Gasteiger partial charge in [-0.25, -0.2) is 4.79 Å². The summed E-state index contributed by atoms with van der Waals surface area (Å²) in [6.07, 6.45) is 1.15. The third-order valence-electron chi connectivity index (χ3n) is 4.14. The molecular weight excluding hydrogens is 266 g/mol. The predicted octanol–water partition coefficient (Wildman–Crippen LogP) is 2.64. The summed E-state index contributed by atoms with van der Waals surface area (Å²) in [5.74, 6) is 0.745. The molecule has 0 radical (unpaired) electrons. The number of carbonyl (C=O) groups is 1. The molecular formula is C16H25N3O2. The van der Waals surface area contributed by atoms with Gasteiger partial charge in [-0.2, -0.15) is 0 Å². The summed E-state index contributed by atoms with van der Waals surface area (Å²) in [7, 11) is 1.62. The number of piperazine rings is 1. The van der Waals surface area contributed by atoms with E-state index in [1.807, 2.05) is 29.2 Å². The predicted molar refractivity (Wildman–Crippen MR) is 84.9 cm³/mol. The third kappa shape index (κ3) is 4.11. The third-order valence-corrected chi connectivity index (χ3v) is 4.14. The second kappa shape index (κ2) is 7.31. The van der Waals surface area contributed by atoms with Crippen LogP contribution < -0.4 is 10.1 Å². The van der Waals surface area contributed by atoms with E-state index in [0.717, 1.165) is 44.0 Å². The molecule has 0 saturated carbocycles. The first-order valence-electron chi connectivity index (χ1n) is 7.58. The summed E-state index contributed by atoms with van der Waals surface area (Å²) in [5.41, 5.74) is 0.767. The summed E-state index contributed by atoms with van der Waals surface area (Å²) in [6, 6.07) is 7.99. The van der Waals surface area contributed by atoms with Crippen molar-refractivity contribution in [1.82, 2.24) is 9.80 Å². The quantitative estimate of drug-likeness (QED) is 0.927. The maximum absolute atomic E-state index is 12.3. The molecule has 21 heavy (non-hydrogen) atoms. The Labute approximate surface area is 126 Å². The molecule has 2 amide bonds. The number of amides is 2. The molecule has 0 bridgehead atoms. The number of ether oxygens (including phenoxy) is 1. The number of hydrogen-bond acceptors (Lipinski definition) is 3. The van der Waals surface area contributed by atoms with Gasteiger partial charge in [0, 0.05) is 44.0 Å². The molecule has 1 heterocycles. The number of carbonyl (C=O) groups excluding carboxylic acids is 1. The SMILES string of the molecule is CCC(C)N1CCN(C(=O)Nc2cccc(OC)c2)CC1. The van der Waals surface area contributed by atoms with Gasteiger partial charge in [0.2, 0.25) is 0 Å². The highest BCUT2D eigenvalue weighted by atomic mass is 16.5. The Morgan fingerprint density at radius 1 is 1.33 bits per heavy atom. The molecule has 1 unspecified atom stereocenters. The molecule has 1 aromatic carbocycles. The standard InChI is InChI=1S/C16H25N3O2/c1-4-13(2)18-8-10-19(11-9-18)16(20)17-14-6-5-7-15(12-14)21-3/h5-7,12-13H,4,8-11H2,1-3H3,(H,17,20). The van der Waals surface area contributed by atoms with Gasteiger partial charge in [-0.1, -0.05) is 13.0 Å². The maximum atomic E-state index is 12.3. The van der Waals surface area contributed by atoms with Crippen LogP contribution in [0.5, 0.6) is 5.75 Å². The van der Waals surface area contributed by atoms with Crippen molar-refractivity contribution in [2.45, 2.75) is 26.3 Å². The minimum absolute atomic E-state index is 0.0351. The van der Waals surface area contributed by atoms with Crippen LogP contribution in [0.15, 0.2) is 24.3 Å². The van der Waals surface area contributed by atoms with Crippen molar-refractivity contribution in [3.63, 3.8) is 0 Å². The Morgan fingerprint density at radius 2 is 2.05 bits per heavy atom. The van der Waals surface area contributed by atoms with Crippen molar-refractivity contribution in [3.05, 3.63) is 24.3 Å². The van der Waals surface area contributed by atoms with E-state index in [0.29, 0.717) is 6.04 Å². The van der Waals surface area contributed by atoms with E-state index in [-0.39, 0.29) is 6.03 Å². The van der Waals surface area contributed by atoms with Crippen LogP contribution in [0, 0.1) is 0 Å². The number of nitrogens with zero attached hydrogens (tertiary/aromatic N) is 2. The van der Waals surface area contributed by atoms with Gasteiger partial charge >= 0.3 is 6.03 Å². The van der Waals surface area contributed by atoms with Crippen molar-refractivity contribution in [1.29, 1.82) is 0 Å². The van der Waals surface area contributed by atoms with Crippen molar-refractivity contribution in [2.24, 2.45) is 0 Å². The lowest BCUT2D eigenvalue weighted by molar-refractivity contribution is 0.117. The van der Waals surface area contributed by atoms with Crippen LogP contribution in [-0.2, 0) is 0 Å². The molecule has 0 spiro atoms. The second-order valence-corrected chi connectivity index (χ2v) is 5.44. The molecule has 1 fully saturated rings. The van der Waals surface area contributed by atoms with Crippen LogP contribution in [0.25, 0.3) is 0 Å². The molecule has 1 aromatic rings. The zero-order valence-corrected chi connectivity index (χ0v) is 13.1. The summed E-state index contributed by atoms with van der Waals surface area (Å²) in [6.45, 7) is 7.89. The lowest BCUT2D eigenvalue weighted by atomic mass is 10.2. The minimum atomic E-state index is -0.0351. The van der Waals surface area contributed by atoms with E-state index in [9.17, 15) is 4.79 Å². The largest absolute Gasteiger partial charge is 0.497 e. The van der Waals surface area contributed by atoms with Crippen molar-refractivity contribution in [3.8, 4) is 5.75 Å². The monoisotopic (exact) mass is 291 g/mol. The van der Waals surface area contributed by atoms with Gasteiger partial charge in [-0.05, 0) is 25.5 Å². The number of benzene rings is 1. The summed E-state index contributed by atoms with van der Waals surface area (Å²) < 4.78 is 5.16. The van der Waals surface area contributed by atoms with Crippen molar-refractivity contribution < 1.29 is 9.53 Å². The van der Waals surface area contributed by atoms with Gasteiger partial charge < -0.3 is 15.0 Å². The van der Waals surface area contributed by atoms with E-state index in [2.05, 4.69) is 24.1 Å². The lowest BCUT2D eigenvalue weighted by Gasteiger charge is -2.37. The van der Waals surface area contributed by atoms with Crippen LogP contribution in [0.3, 0.4) is 0 Å². The second-order valence-electron chi connectivity index (χ2n) is 5.44. The molecule has 5 nitrogen and oxygen atoms in total. The molecule has 1 aliphatic rings. The number of methoxy groups -OCH3 is 1. The van der Waals surface area contributed by atoms with Gasteiger partial charge in [0.25, 0.3) is 0 Å². The average Bonchev–Trinajstić information content (AvgIpc) is 2.54. The number of nitrogens with one attached hydrogen (secondary N) is 1. The first-order chi connectivity index (χ1) is 10.1. The average molecular weight is 291 g/mol. The van der Waals surface area contributed by atoms with Gasteiger partial charge in [0.1, 0.15) is 5.75 Å². The first kappa shape index (κ1) is 15.6. The highest BCUT2D eigenvalue weighted by Crippen LogP contribution is 2.17. The molecule has 0 aromatic heterocycles. The molecule has 2 rings (SSSR count). The smallest absolute Gasteiger partial charge is 0.321 e. The normalized spacial score (nSPS) is 17.4. The number of rotatable bonds is 4. The van der Waals surface area contributed by atoms with E-state index >= 15 is 0 Å². The van der Waals surface area contributed by atoms with Crippen molar-refractivity contribution >= 4 is 11.7 Å². The number of hydrogen-bond donors (Lipinski definition) is 1. The van der Waals surface area contributed by atoms with Crippen LogP contribution in [0.4, 0.5) is 10.5 Å². The van der Waals surface area contributed by atoms with Crippen LogP contribution in [-0.4, -0.2) is 55.2 Å². The van der Waals surface area contributed by atoms with Crippen LogP contribution >= 0.6 is 0 Å². The fraction of sp³-hybridized carbons (Fsp3) is 0.562. The maximum Gasteiger partial charge on any atom is 0.321 e. The molecule has 116 valence electrons. The van der Waals surface area contributed by atoms with E-state index in [1.165, 1.54) is 0 Å². The van der Waals surface area contributed by atoms with E-state index < -0.39 is 0 Å². The first-order valence-corrected chi connectivity index (χ1v) is 7.58. The van der Waals surface area contributed by atoms with Crippen molar-refractivity contribution in [2.75, 3.05) is 38.6 Å². The lowest BCUT2D eigenvalue weighted by Crippen LogP contribution is -2.52. The van der Waals surface area contributed by atoms with E-state index in [1.54, 1.807) is 7.11 Å². The Bertz CT molecular complexity index is 470. The highest BCUT2D eigenvalue weighted by molar-refractivity contribution is 5.89. The Kier molecular flexibility index (Phi) is 5.44. The molecule has 1 aliphatic heterocycles. The van der Waals surface area contributed by atoms with Gasteiger partial charge in [-0.15, -0.1) is 0 Å². The number of urea groups is 1. The Morgan fingerprint density at radius 3 is 2.67 bits per heavy atom. The summed E-state index contributed by atoms with van der Waals surface area (Å²) in [5, 5.41) is 2.93. The fourth-order valence-corrected chi connectivity index (χ4v) is 2.53.